The normalized spacial score (nSPS) is 31.7. The predicted octanol–water partition coefficient (Wildman–Crippen LogP) is 3.65. The van der Waals surface area contributed by atoms with Crippen LogP contribution in [0.15, 0.2) is 4.99 Å². The molecule has 1 N–H and O–H groups in total. The lowest BCUT2D eigenvalue weighted by atomic mass is 9.83. The van der Waals surface area contributed by atoms with Crippen LogP contribution in [0.25, 0.3) is 0 Å². The van der Waals surface area contributed by atoms with Gasteiger partial charge in [0.05, 0.1) is 0 Å². The van der Waals surface area contributed by atoms with Crippen LogP contribution in [-0.4, -0.2) is 47.0 Å². The molecule has 0 aromatic carbocycles. The molecule has 3 rings (SSSR count). The average molecular weight is 310 g/mol. The number of thioether (sulfide) groups is 1. The highest BCUT2D eigenvalue weighted by atomic mass is 32.2. The number of aliphatic imine (C=N–C) groups is 1. The molecule has 4 heteroatoms. The van der Waals surface area contributed by atoms with E-state index in [1.807, 2.05) is 11.8 Å². The molecular weight excluding hydrogens is 278 g/mol. The van der Waals surface area contributed by atoms with E-state index in [9.17, 15) is 0 Å². The van der Waals surface area contributed by atoms with E-state index in [0.717, 1.165) is 12.6 Å². The van der Waals surface area contributed by atoms with Gasteiger partial charge in [0, 0.05) is 30.4 Å². The van der Waals surface area contributed by atoms with Crippen LogP contribution in [0.1, 0.15) is 64.7 Å². The van der Waals surface area contributed by atoms with Crippen molar-refractivity contribution in [3.8, 4) is 0 Å². The van der Waals surface area contributed by atoms with Crippen molar-refractivity contribution in [3.05, 3.63) is 0 Å². The molecule has 3 aliphatic rings. The summed E-state index contributed by atoms with van der Waals surface area (Å²) in [5.74, 6) is 1.25. The lowest BCUT2D eigenvalue weighted by Crippen LogP contribution is -2.45. The Hall–Kier alpha value is -0.220. The molecular formula is C17H31N3S. The molecule has 1 atom stereocenters. The van der Waals surface area contributed by atoms with Gasteiger partial charge in [0.25, 0.3) is 0 Å². The second-order valence-corrected chi connectivity index (χ2v) is 8.14. The zero-order valence-corrected chi connectivity index (χ0v) is 14.4. The summed E-state index contributed by atoms with van der Waals surface area (Å²) in [7, 11) is 0. The highest BCUT2D eigenvalue weighted by Crippen LogP contribution is 2.36. The minimum atomic E-state index is 0.406. The van der Waals surface area contributed by atoms with Crippen LogP contribution in [-0.2, 0) is 0 Å². The molecule has 3 nitrogen and oxygen atoms in total. The van der Waals surface area contributed by atoms with E-state index in [4.69, 9.17) is 4.99 Å². The Labute approximate surface area is 134 Å². The number of nitrogens with zero attached hydrogens (tertiary/aromatic N) is 2. The zero-order valence-electron chi connectivity index (χ0n) is 13.6. The molecule has 21 heavy (non-hydrogen) atoms. The van der Waals surface area contributed by atoms with E-state index < -0.39 is 0 Å². The maximum atomic E-state index is 4.82. The van der Waals surface area contributed by atoms with Gasteiger partial charge in [-0.25, -0.2) is 0 Å². The van der Waals surface area contributed by atoms with Gasteiger partial charge in [-0.05, 0) is 45.6 Å². The average Bonchev–Trinajstić information content (AvgIpc) is 2.89. The monoisotopic (exact) mass is 309 g/mol. The van der Waals surface area contributed by atoms with E-state index in [1.54, 1.807) is 0 Å². The molecule has 2 saturated heterocycles. The van der Waals surface area contributed by atoms with Gasteiger partial charge in [0.2, 0.25) is 0 Å². The largest absolute Gasteiger partial charge is 0.359 e. The number of amidine groups is 1. The minimum absolute atomic E-state index is 0.406. The first-order chi connectivity index (χ1) is 10.3. The molecule has 0 amide bonds. The van der Waals surface area contributed by atoms with Crippen molar-refractivity contribution in [2.24, 2.45) is 4.99 Å². The third kappa shape index (κ3) is 4.16. The molecule has 3 fully saturated rings. The predicted molar refractivity (Wildman–Crippen MR) is 93.2 cm³/mol. The van der Waals surface area contributed by atoms with Crippen molar-refractivity contribution in [2.45, 2.75) is 76.3 Å². The standard InChI is InChI=1S/C17H31N3S/c1-15-8-3-6-12-20(15)13-7-11-18-16-19-17(14-21-16)9-4-2-5-10-17/h15H,2-14H2,1H3,(H,18,19). The van der Waals surface area contributed by atoms with E-state index >= 15 is 0 Å². The van der Waals surface area contributed by atoms with E-state index in [-0.39, 0.29) is 0 Å². The minimum Gasteiger partial charge on any atom is -0.359 e. The smallest absolute Gasteiger partial charge is 0.157 e. The van der Waals surface area contributed by atoms with Crippen molar-refractivity contribution in [1.82, 2.24) is 10.2 Å². The molecule has 120 valence electrons. The van der Waals surface area contributed by atoms with Crippen LogP contribution >= 0.6 is 11.8 Å². The number of likely N-dealkylation sites (tertiary alicyclic amines) is 1. The Morgan fingerprint density at radius 3 is 2.90 bits per heavy atom. The van der Waals surface area contributed by atoms with Gasteiger partial charge < -0.3 is 10.2 Å². The van der Waals surface area contributed by atoms with Crippen molar-refractivity contribution in [1.29, 1.82) is 0 Å². The maximum absolute atomic E-state index is 4.82. The van der Waals surface area contributed by atoms with Crippen LogP contribution in [0.3, 0.4) is 0 Å². The molecule has 0 aromatic heterocycles. The fourth-order valence-corrected chi connectivity index (χ4v) is 5.28. The van der Waals surface area contributed by atoms with Gasteiger partial charge >= 0.3 is 0 Å². The highest BCUT2D eigenvalue weighted by molar-refractivity contribution is 8.14. The lowest BCUT2D eigenvalue weighted by Gasteiger charge is -2.33. The molecule has 1 spiro atoms. The lowest BCUT2D eigenvalue weighted by molar-refractivity contribution is 0.160. The zero-order chi connectivity index (χ0) is 14.5. The van der Waals surface area contributed by atoms with Crippen molar-refractivity contribution in [3.63, 3.8) is 0 Å². The fraction of sp³-hybridized carbons (Fsp3) is 0.941. The third-order valence-corrected chi connectivity index (χ3v) is 6.67. The summed E-state index contributed by atoms with van der Waals surface area (Å²) < 4.78 is 0. The Balaban J connectivity index is 1.38. The third-order valence-electron chi connectivity index (χ3n) is 5.47. The molecule has 0 aromatic rings. The number of piperidine rings is 1. The van der Waals surface area contributed by atoms with Crippen LogP contribution < -0.4 is 5.32 Å². The first-order valence-electron chi connectivity index (χ1n) is 8.97. The Kier molecular flexibility index (Phi) is 5.49. The maximum Gasteiger partial charge on any atom is 0.157 e. The van der Waals surface area contributed by atoms with Crippen LogP contribution in [0.5, 0.6) is 0 Å². The molecule has 0 bridgehead atoms. The molecule has 2 heterocycles. The van der Waals surface area contributed by atoms with Gasteiger partial charge in [0.15, 0.2) is 5.17 Å². The highest BCUT2D eigenvalue weighted by Gasteiger charge is 2.37. The van der Waals surface area contributed by atoms with Crippen LogP contribution in [0.4, 0.5) is 0 Å². The SMILES string of the molecule is CC1CCCCN1CCCN=C1NC2(CCCCC2)CS1. The fourth-order valence-electron chi connectivity index (χ4n) is 4.03. The van der Waals surface area contributed by atoms with Crippen LogP contribution in [0, 0.1) is 0 Å². The number of rotatable bonds is 4. The first kappa shape index (κ1) is 15.7. The van der Waals surface area contributed by atoms with Gasteiger partial charge in [-0.3, -0.25) is 4.99 Å². The van der Waals surface area contributed by atoms with Gasteiger partial charge in [-0.1, -0.05) is 37.4 Å². The Morgan fingerprint density at radius 1 is 1.24 bits per heavy atom. The summed E-state index contributed by atoms with van der Waals surface area (Å²) in [5, 5.41) is 4.98. The molecule has 1 aliphatic carbocycles. The summed E-state index contributed by atoms with van der Waals surface area (Å²) >= 11 is 1.96. The summed E-state index contributed by atoms with van der Waals surface area (Å²) in [5.41, 5.74) is 0.406. The molecule has 1 saturated carbocycles. The number of hydrogen-bond acceptors (Lipinski definition) is 3. The van der Waals surface area contributed by atoms with E-state index in [2.05, 4.69) is 17.1 Å². The Bertz CT molecular complexity index is 363. The topological polar surface area (TPSA) is 27.6 Å². The van der Waals surface area contributed by atoms with Gasteiger partial charge in [0.1, 0.15) is 0 Å². The summed E-state index contributed by atoms with van der Waals surface area (Å²) in [6.45, 7) is 5.91. The summed E-state index contributed by atoms with van der Waals surface area (Å²) in [6.07, 6.45) is 12.3. The van der Waals surface area contributed by atoms with Crippen LogP contribution in [0.2, 0.25) is 0 Å². The molecule has 1 unspecified atom stereocenters. The van der Waals surface area contributed by atoms with E-state index in [1.165, 1.54) is 81.8 Å². The quantitative estimate of drug-likeness (QED) is 0.803. The van der Waals surface area contributed by atoms with Crippen molar-refractivity contribution >= 4 is 16.9 Å². The molecule has 2 aliphatic heterocycles. The number of hydrogen-bond donors (Lipinski definition) is 1. The second kappa shape index (κ2) is 7.36. The van der Waals surface area contributed by atoms with Gasteiger partial charge in [-0.15, -0.1) is 0 Å². The summed E-state index contributed by atoms with van der Waals surface area (Å²) in [6, 6.07) is 0.788. The Morgan fingerprint density at radius 2 is 2.10 bits per heavy atom. The second-order valence-electron chi connectivity index (χ2n) is 7.18. The summed E-state index contributed by atoms with van der Waals surface area (Å²) in [4.78, 5) is 7.48. The first-order valence-corrected chi connectivity index (χ1v) is 9.96. The molecule has 0 radical (unpaired) electrons. The van der Waals surface area contributed by atoms with Gasteiger partial charge in [-0.2, -0.15) is 0 Å². The van der Waals surface area contributed by atoms with Crippen molar-refractivity contribution in [2.75, 3.05) is 25.4 Å². The number of nitrogens with one attached hydrogen (secondary N) is 1. The van der Waals surface area contributed by atoms with Crippen molar-refractivity contribution < 1.29 is 0 Å². The van der Waals surface area contributed by atoms with E-state index in [0.29, 0.717) is 5.54 Å².